The summed E-state index contributed by atoms with van der Waals surface area (Å²) >= 11 is 0. The maximum absolute atomic E-state index is 2.51. The van der Waals surface area contributed by atoms with E-state index in [1.807, 2.05) is 0 Å². The summed E-state index contributed by atoms with van der Waals surface area (Å²) in [5.41, 5.74) is 22.3. The van der Waals surface area contributed by atoms with Gasteiger partial charge in [-0.05, 0) is 133 Å². The molecule has 0 amide bonds. The Labute approximate surface area is 432 Å². The largest absolute Gasteiger partial charge is 0.309 e. The average Bonchev–Trinajstić information content (AvgIpc) is 3.98. The van der Waals surface area contributed by atoms with E-state index in [4.69, 9.17) is 0 Å². The fourth-order valence-electron chi connectivity index (χ4n) is 12.2. The van der Waals surface area contributed by atoms with E-state index < -0.39 is 0 Å². The summed E-state index contributed by atoms with van der Waals surface area (Å²) in [6.45, 7) is 2.40. The van der Waals surface area contributed by atoms with Gasteiger partial charge in [0.05, 0.1) is 22.4 Å². The first-order valence-corrected chi connectivity index (χ1v) is 25.7. The molecule has 0 N–H and O–H groups in total. The molecular weight excluding hydrogens is 893 g/mol. The molecule has 348 valence electrons. The molecule has 1 aliphatic carbocycles. The van der Waals surface area contributed by atoms with Crippen LogP contribution in [0.5, 0.6) is 0 Å². The summed E-state index contributed by atoms with van der Waals surface area (Å²) in [5.74, 6) is 0. The second-order valence-corrected chi connectivity index (χ2v) is 19.7. The molecule has 2 heteroatoms. The Balaban J connectivity index is 0.995. The second kappa shape index (κ2) is 17.7. The van der Waals surface area contributed by atoms with Gasteiger partial charge in [0, 0.05) is 38.7 Å². The molecule has 12 aromatic carbocycles. The first kappa shape index (κ1) is 43.3. The summed E-state index contributed by atoms with van der Waals surface area (Å²) in [4.78, 5) is 2.51. The van der Waals surface area contributed by atoms with Gasteiger partial charge in [-0.3, -0.25) is 0 Å². The highest BCUT2D eigenvalue weighted by molar-refractivity contribution is 6.11. The normalized spacial score (nSPS) is 13.8. The van der Waals surface area contributed by atoms with Crippen LogP contribution >= 0.6 is 0 Å². The van der Waals surface area contributed by atoms with E-state index in [1.165, 1.54) is 82.6 Å². The van der Waals surface area contributed by atoms with Crippen molar-refractivity contribution in [3.8, 4) is 61.3 Å². The van der Waals surface area contributed by atoms with E-state index in [0.717, 1.165) is 45.0 Å². The minimum absolute atomic E-state index is 0.336. The average molecular weight is 943 g/mol. The molecule has 1 heterocycles. The van der Waals surface area contributed by atoms with Crippen molar-refractivity contribution < 1.29 is 0 Å². The van der Waals surface area contributed by atoms with Crippen molar-refractivity contribution in [2.45, 2.75) is 12.3 Å². The maximum Gasteiger partial charge on any atom is 0.0547 e. The topological polar surface area (TPSA) is 8.17 Å². The third-order valence-electron chi connectivity index (χ3n) is 15.7. The fourth-order valence-corrected chi connectivity index (χ4v) is 12.2. The summed E-state index contributed by atoms with van der Waals surface area (Å²) in [6, 6.07) is 105. The lowest BCUT2D eigenvalue weighted by Gasteiger charge is -2.31. The Morgan fingerprint density at radius 1 is 0.324 bits per heavy atom. The molecule has 0 saturated heterocycles. The summed E-state index contributed by atoms with van der Waals surface area (Å²) in [5, 5.41) is 4.92. The molecule has 0 saturated carbocycles. The van der Waals surface area contributed by atoms with Crippen LogP contribution in [0.4, 0.5) is 17.1 Å². The minimum atomic E-state index is -0.336. The van der Waals surface area contributed by atoms with E-state index in [9.17, 15) is 0 Å². The molecule has 0 radical (unpaired) electrons. The number of hydrogen-bond acceptors (Lipinski definition) is 1. The van der Waals surface area contributed by atoms with E-state index in [0.29, 0.717) is 0 Å². The Kier molecular flexibility index (Phi) is 10.3. The Hall–Kier alpha value is -9.50. The van der Waals surface area contributed by atoms with Crippen LogP contribution in [-0.4, -0.2) is 4.57 Å². The number of benzene rings is 12. The smallest absolute Gasteiger partial charge is 0.0547 e. The van der Waals surface area contributed by atoms with E-state index in [-0.39, 0.29) is 5.41 Å². The highest BCUT2D eigenvalue weighted by Gasteiger charge is 2.41. The van der Waals surface area contributed by atoms with Gasteiger partial charge in [0.15, 0.2) is 0 Å². The highest BCUT2D eigenvalue weighted by Crippen LogP contribution is 2.54. The molecule has 1 unspecified atom stereocenters. The van der Waals surface area contributed by atoms with Crippen LogP contribution in [0.3, 0.4) is 0 Å². The monoisotopic (exact) mass is 942 g/mol. The number of hydrogen-bond donors (Lipinski definition) is 0. The van der Waals surface area contributed by atoms with Crippen molar-refractivity contribution >= 4 is 49.6 Å². The van der Waals surface area contributed by atoms with Gasteiger partial charge in [-0.1, -0.05) is 231 Å². The highest BCUT2D eigenvalue weighted by atomic mass is 15.1. The third kappa shape index (κ3) is 6.94. The van der Waals surface area contributed by atoms with Gasteiger partial charge in [0.1, 0.15) is 0 Å². The molecule has 0 aliphatic heterocycles. The Bertz CT molecular complexity index is 4260. The molecule has 14 rings (SSSR count). The van der Waals surface area contributed by atoms with Crippen LogP contribution in [0.15, 0.2) is 285 Å². The summed E-state index contributed by atoms with van der Waals surface area (Å²) in [7, 11) is 0. The van der Waals surface area contributed by atoms with Crippen molar-refractivity contribution in [2.75, 3.05) is 4.90 Å². The minimum Gasteiger partial charge on any atom is -0.309 e. The van der Waals surface area contributed by atoms with Crippen molar-refractivity contribution in [3.05, 3.63) is 302 Å². The van der Waals surface area contributed by atoms with Crippen LogP contribution in [-0.2, 0) is 5.41 Å². The van der Waals surface area contributed by atoms with Crippen molar-refractivity contribution in [1.82, 2.24) is 4.57 Å². The van der Waals surface area contributed by atoms with E-state index in [1.54, 1.807) is 0 Å². The standard InChI is InChI=1S/C72H50N2/c1-72(54-27-7-3-8-28-54)65-38-15-11-33-59(65)60-44-43-53(47-66(60)72)57-32-12-16-39-67(57)74(69-41-18-14-35-62(69)64-37-21-25-50-24-20-36-58(71(50)64)49-22-5-2-6-23-49)56-31-19-26-51(46-56)52-42-45-63-61-34-13-17-40-68(61)73(70(63)48-52)55-29-9-4-10-30-55/h2-48H,1H3. The molecule has 1 aliphatic rings. The zero-order chi connectivity index (χ0) is 49.2. The lowest BCUT2D eigenvalue weighted by atomic mass is 9.74. The fraction of sp³-hybridized carbons (Fsp3) is 0.0278. The molecule has 0 bridgehead atoms. The van der Waals surface area contributed by atoms with E-state index in [2.05, 4.69) is 302 Å². The quantitative estimate of drug-likeness (QED) is 0.140. The number of rotatable bonds is 9. The van der Waals surface area contributed by atoms with Gasteiger partial charge < -0.3 is 9.47 Å². The van der Waals surface area contributed by atoms with Crippen LogP contribution in [0, 0.1) is 0 Å². The molecule has 1 atom stereocenters. The zero-order valence-corrected chi connectivity index (χ0v) is 41.0. The summed E-state index contributed by atoms with van der Waals surface area (Å²) < 4.78 is 2.41. The van der Waals surface area contributed by atoms with E-state index >= 15 is 0 Å². The number of aromatic nitrogens is 1. The van der Waals surface area contributed by atoms with Crippen molar-refractivity contribution in [3.63, 3.8) is 0 Å². The number of anilines is 3. The molecule has 2 nitrogen and oxygen atoms in total. The van der Waals surface area contributed by atoms with Crippen LogP contribution in [0.1, 0.15) is 23.6 Å². The molecule has 0 spiro atoms. The van der Waals surface area contributed by atoms with Gasteiger partial charge in [0.25, 0.3) is 0 Å². The van der Waals surface area contributed by atoms with Crippen molar-refractivity contribution in [1.29, 1.82) is 0 Å². The predicted molar refractivity (Wildman–Crippen MR) is 312 cm³/mol. The first-order valence-electron chi connectivity index (χ1n) is 25.7. The van der Waals surface area contributed by atoms with Crippen LogP contribution in [0.25, 0.3) is 93.9 Å². The lowest BCUT2D eigenvalue weighted by Crippen LogP contribution is -2.22. The molecule has 13 aromatic rings. The molecule has 74 heavy (non-hydrogen) atoms. The maximum atomic E-state index is 2.51. The van der Waals surface area contributed by atoms with Gasteiger partial charge in [-0.25, -0.2) is 0 Å². The SMILES string of the molecule is CC1(c2ccccc2)c2ccccc2-c2ccc(-c3ccccc3N(c3cccc(-c4ccc5c6ccccc6n(-c6ccccc6)c5c4)c3)c3ccccc3-c3cccc4cccc(-c5ccccc5)c34)cc21. The van der Waals surface area contributed by atoms with Gasteiger partial charge in [0.2, 0.25) is 0 Å². The second-order valence-electron chi connectivity index (χ2n) is 19.7. The number of nitrogens with zero attached hydrogens (tertiary/aromatic N) is 2. The molecule has 0 fully saturated rings. The lowest BCUT2D eigenvalue weighted by molar-refractivity contribution is 0.714. The first-order chi connectivity index (χ1) is 36.6. The Morgan fingerprint density at radius 2 is 0.878 bits per heavy atom. The third-order valence-corrected chi connectivity index (χ3v) is 15.7. The Morgan fingerprint density at radius 3 is 1.68 bits per heavy atom. The van der Waals surface area contributed by atoms with Crippen LogP contribution < -0.4 is 4.90 Å². The van der Waals surface area contributed by atoms with Gasteiger partial charge in [-0.2, -0.15) is 0 Å². The summed E-state index contributed by atoms with van der Waals surface area (Å²) in [6.07, 6.45) is 0. The van der Waals surface area contributed by atoms with Crippen LogP contribution in [0.2, 0.25) is 0 Å². The number of fused-ring (bicyclic) bond motifs is 7. The predicted octanol–water partition coefficient (Wildman–Crippen LogP) is 19.4. The number of para-hydroxylation sites is 4. The molecule has 1 aromatic heterocycles. The van der Waals surface area contributed by atoms with Gasteiger partial charge in [-0.15, -0.1) is 0 Å². The van der Waals surface area contributed by atoms with Crippen molar-refractivity contribution in [2.24, 2.45) is 0 Å². The van der Waals surface area contributed by atoms with Gasteiger partial charge >= 0.3 is 0 Å². The zero-order valence-electron chi connectivity index (χ0n) is 41.0. The molecular formula is C72H50N2.